The van der Waals surface area contributed by atoms with Crippen LogP contribution in [0.15, 0.2) is 45.0 Å². The Hall–Kier alpha value is -1.74. The molecule has 25 heavy (non-hydrogen) atoms. The molecule has 0 radical (unpaired) electrons. The number of nitrogens with one attached hydrogen (secondary N) is 2. The molecule has 3 heterocycles. The Bertz CT molecular complexity index is 883. The van der Waals surface area contributed by atoms with Crippen LogP contribution in [0.5, 0.6) is 0 Å². The highest BCUT2D eigenvalue weighted by Crippen LogP contribution is 2.33. The summed E-state index contributed by atoms with van der Waals surface area (Å²) in [5.41, 5.74) is 1.51. The van der Waals surface area contributed by atoms with E-state index in [-0.39, 0.29) is 4.90 Å². The first kappa shape index (κ1) is 16.7. The molecule has 2 N–H and O–H groups in total. The Kier molecular flexibility index (Phi) is 4.60. The van der Waals surface area contributed by atoms with Crippen molar-refractivity contribution in [2.75, 3.05) is 38.0 Å². The van der Waals surface area contributed by atoms with Crippen molar-refractivity contribution >= 4 is 32.9 Å². The van der Waals surface area contributed by atoms with Gasteiger partial charge in [0.15, 0.2) is 0 Å². The number of hydrogen-bond donors (Lipinski definition) is 2. The summed E-state index contributed by atoms with van der Waals surface area (Å²) in [6.07, 6.45) is 1.06. The Morgan fingerprint density at radius 2 is 2.12 bits per heavy atom. The molecule has 0 bridgehead atoms. The molecular weight excluding hydrogens is 356 g/mol. The standard InChI is InChI=1S/C17H20N4O2S2/c22-25(23)16-11-13(15-3-1-10-24-15)4-5-14(16)19-17(20-25)12-21-8-2-6-18-7-9-21/h1,3-5,10-11,18H,2,6-9,12H2,(H,19,20). The van der Waals surface area contributed by atoms with Crippen LogP contribution in [0.2, 0.25) is 0 Å². The first-order valence-electron chi connectivity index (χ1n) is 8.34. The van der Waals surface area contributed by atoms with Gasteiger partial charge in [0, 0.05) is 18.0 Å². The van der Waals surface area contributed by atoms with Gasteiger partial charge < -0.3 is 10.6 Å². The van der Waals surface area contributed by atoms with Gasteiger partial charge in [-0.25, -0.2) is 0 Å². The van der Waals surface area contributed by atoms with Crippen molar-refractivity contribution in [1.29, 1.82) is 0 Å². The zero-order valence-corrected chi connectivity index (χ0v) is 15.4. The summed E-state index contributed by atoms with van der Waals surface area (Å²) in [6.45, 7) is 4.28. The van der Waals surface area contributed by atoms with Gasteiger partial charge in [0.05, 0.1) is 12.2 Å². The fourth-order valence-electron chi connectivity index (χ4n) is 3.15. The van der Waals surface area contributed by atoms with Crippen LogP contribution >= 0.6 is 11.3 Å². The van der Waals surface area contributed by atoms with E-state index in [4.69, 9.17) is 0 Å². The van der Waals surface area contributed by atoms with Crippen molar-refractivity contribution < 1.29 is 8.42 Å². The minimum Gasteiger partial charge on any atom is -0.341 e. The number of rotatable bonds is 3. The van der Waals surface area contributed by atoms with Crippen molar-refractivity contribution in [1.82, 2.24) is 10.2 Å². The lowest BCUT2D eigenvalue weighted by molar-refractivity contribution is 0.333. The van der Waals surface area contributed by atoms with Crippen LogP contribution in [-0.4, -0.2) is 51.9 Å². The van der Waals surface area contributed by atoms with E-state index in [1.807, 2.05) is 29.6 Å². The molecule has 8 heteroatoms. The number of nitrogens with zero attached hydrogens (tertiary/aromatic N) is 2. The fourth-order valence-corrected chi connectivity index (χ4v) is 5.04. The number of thiophene rings is 1. The third kappa shape index (κ3) is 3.62. The number of amidine groups is 1. The smallest absolute Gasteiger partial charge is 0.286 e. The van der Waals surface area contributed by atoms with Crippen molar-refractivity contribution in [2.24, 2.45) is 4.40 Å². The number of hydrogen-bond acceptors (Lipinski definition) is 6. The zero-order chi connectivity index (χ0) is 17.3. The maximum absolute atomic E-state index is 12.7. The summed E-state index contributed by atoms with van der Waals surface area (Å²) in [6, 6.07) is 9.43. The minimum absolute atomic E-state index is 0.250. The molecule has 0 unspecified atom stereocenters. The van der Waals surface area contributed by atoms with Crippen LogP contribution in [0.1, 0.15) is 6.42 Å². The van der Waals surface area contributed by atoms with E-state index in [9.17, 15) is 8.42 Å². The van der Waals surface area contributed by atoms with Crippen LogP contribution in [-0.2, 0) is 10.0 Å². The Morgan fingerprint density at radius 3 is 2.96 bits per heavy atom. The molecule has 2 aliphatic heterocycles. The second-order valence-corrected chi connectivity index (χ2v) is 8.73. The quantitative estimate of drug-likeness (QED) is 0.859. The molecule has 1 aromatic carbocycles. The molecule has 2 aliphatic rings. The molecular formula is C17H20N4O2S2. The van der Waals surface area contributed by atoms with Crippen molar-refractivity contribution in [3.8, 4) is 10.4 Å². The Balaban J connectivity index is 1.60. The highest BCUT2D eigenvalue weighted by molar-refractivity contribution is 7.90. The van der Waals surface area contributed by atoms with Gasteiger partial charge in [-0.2, -0.15) is 8.42 Å². The van der Waals surface area contributed by atoms with Crippen LogP contribution in [0.3, 0.4) is 0 Å². The monoisotopic (exact) mass is 376 g/mol. The maximum Gasteiger partial charge on any atom is 0.286 e. The highest BCUT2D eigenvalue weighted by atomic mass is 32.2. The van der Waals surface area contributed by atoms with E-state index in [0.717, 1.165) is 43.0 Å². The van der Waals surface area contributed by atoms with Gasteiger partial charge in [0.2, 0.25) is 0 Å². The fraction of sp³-hybridized carbons (Fsp3) is 0.353. The largest absolute Gasteiger partial charge is 0.341 e. The lowest BCUT2D eigenvalue weighted by atomic mass is 10.1. The Labute approximate surface area is 151 Å². The van der Waals surface area contributed by atoms with Crippen molar-refractivity contribution in [3.63, 3.8) is 0 Å². The SMILES string of the molecule is O=S1(=O)N=C(CN2CCCNCC2)Nc2ccc(-c3cccs3)cc21. The van der Waals surface area contributed by atoms with Gasteiger partial charge in [-0.1, -0.05) is 12.1 Å². The lowest BCUT2D eigenvalue weighted by Crippen LogP contribution is -2.37. The van der Waals surface area contributed by atoms with Crippen molar-refractivity contribution in [2.45, 2.75) is 11.3 Å². The maximum atomic E-state index is 12.7. The van der Waals surface area contributed by atoms with Gasteiger partial charge in [-0.3, -0.25) is 4.90 Å². The molecule has 6 nitrogen and oxygen atoms in total. The van der Waals surface area contributed by atoms with Crippen LogP contribution in [0.4, 0.5) is 5.69 Å². The molecule has 2 aromatic rings. The summed E-state index contributed by atoms with van der Waals surface area (Å²) < 4.78 is 29.3. The zero-order valence-electron chi connectivity index (χ0n) is 13.7. The summed E-state index contributed by atoms with van der Waals surface area (Å²) >= 11 is 1.59. The first-order valence-corrected chi connectivity index (χ1v) is 10.7. The lowest BCUT2D eigenvalue weighted by Gasteiger charge is -2.24. The summed E-state index contributed by atoms with van der Waals surface area (Å²) in [5.74, 6) is 0.498. The number of benzene rings is 1. The van der Waals surface area contributed by atoms with Gasteiger partial charge in [-0.05, 0) is 48.7 Å². The molecule has 0 atom stereocenters. The third-order valence-corrected chi connectivity index (χ3v) is 6.65. The average Bonchev–Trinajstić information content (AvgIpc) is 3.00. The predicted octanol–water partition coefficient (Wildman–Crippen LogP) is 2.22. The van der Waals surface area contributed by atoms with Crippen LogP contribution in [0.25, 0.3) is 10.4 Å². The molecule has 1 saturated heterocycles. The molecule has 0 spiro atoms. The third-order valence-electron chi connectivity index (χ3n) is 4.38. The van der Waals surface area contributed by atoms with Crippen LogP contribution in [0, 0.1) is 0 Å². The van der Waals surface area contributed by atoms with E-state index in [1.165, 1.54) is 0 Å². The topological polar surface area (TPSA) is 73.8 Å². The number of sulfonamides is 1. The van der Waals surface area contributed by atoms with Gasteiger partial charge in [0.1, 0.15) is 10.7 Å². The summed E-state index contributed by atoms with van der Waals surface area (Å²) in [4.78, 5) is 3.52. The van der Waals surface area contributed by atoms with E-state index in [0.29, 0.717) is 18.1 Å². The van der Waals surface area contributed by atoms with Gasteiger partial charge in [0.25, 0.3) is 10.0 Å². The molecule has 132 valence electrons. The second-order valence-electron chi connectivity index (χ2n) is 6.21. The predicted molar refractivity (Wildman–Crippen MR) is 102 cm³/mol. The molecule has 1 fully saturated rings. The van der Waals surface area contributed by atoms with E-state index in [1.54, 1.807) is 17.4 Å². The van der Waals surface area contributed by atoms with Gasteiger partial charge >= 0.3 is 0 Å². The first-order chi connectivity index (χ1) is 12.1. The van der Waals surface area contributed by atoms with Crippen LogP contribution < -0.4 is 10.6 Å². The molecule has 0 saturated carbocycles. The number of fused-ring (bicyclic) bond motifs is 1. The summed E-state index contributed by atoms with van der Waals surface area (Å²) in [7, 11) is -3.68. The molecule has 0 aliphatic carbocycles. The van der Waals surface area contributed by atoms with E-state index < -0.39 is 10.0 Å². The average molecular weight is 377 g/mol. The highest BCUT2D eigenvalue weighted by Gasteiger charge is 2.26. The molecule has 0 amide bonds. The van der Waals surface area contributed by atoms with E-state index in [2.05, 4.69) is 19.9 Å². The van der Waals surface area contributed by atoms with Gasteiger partial charge in [-0.15, -0.1) is 15.7 Å². The number of anilines is 1. The normalized spacial score (nSPS) is 20.2. The molecule has 1 aromatic heterocycles. The van der Waals surface area contributed by atoms with E-state index >= 15 is 0 Å². The second kappa shape index (κ2) is 6.87. The molecule has 4 rings (SSSR count). The Morgan fingerprint density at radius 1 is 1.20 bits per heavy atom. The van der Waals surface area contributed by atoms with Crippen molar-refractivity contribution in [3.05, 3.63) is 35.7 Å². The minimum atomic E-state index is -3.68. The summed E-state index contributed by atoms with van der Waals surface area (Å²) in [5, 5.41) is 8.53.